The van der Waals surface area contributed by atoms with Gasteiger partial charge >= 0.3 is 0 Å². The SMILES string of the molecule is c1csc(-c2ccc(OCc3cncs3)cc2)n1. The predicted octanol–water partition coefficient (Wildman–Crippen LogP) is 3.85. The van der Waals surface area contributed by atoms with Gasteiger partial charge in [-0.1, -0.05) is 0 Å². The van der Waals surface area contributed by atoms with Crippen LogP contribution in [0.5, 0.6) is 5.75 Å². The van der Waals surface area contributed by atoms with Crippen LogP contribution < -0.4 is 4.74 Å². The summed E-state index contributed by atoms with van der Waals surface area (Å²) >= 11 is 3.23. The van der Waals surface area contributed by atoms with Gasteiger partial charge in [0.25, 0.3) is 0 Å². The van der Waals surface area contributed by atoms with Crippen LogP contribution in [0.25, 0.3) is 10.6 Å². The van der Waals surface area contributed by atoms with E-state index in [1.54, 1.807) is 22.7 Å². The fourth-order valence-corrected chi connectivity index (χ4v) is 2.68. The molecule has 3 nitrogen and oxygen atoms in total. The zero-order valence-electron chi connectivity index (χ0n) is 9.45. The van der Waals surface area contributed by atoms with Crippen LogP contribution in [0.3, 0.4) is 0 Å². The molecule has 1 aromatic carbocycles. The van der Waals surface area contributed by atoms with E-state index in [0.717, 1.165) is 21.2 Å². The maximum absolute atomic E-state index is 5.68. The summed E-state index contributed by atoms with van der Waals surface area (Å²) < 4.78 is 5.68. The highest BCUT2D eigenvalue weighted by molar-refractivity contribution is 7.13. The van der Waals surface area contributed by atoms with E-state index < -0.39 is 0 Å². The molecular formula is C13H10N2OS2. The Morgan fingerprint density at radius 2 is 2.00 bits per heavy atom. The van der Waals surface area contributed by atoms with E-state index in [4.69, 9.17) is 4.74 Å². The Morgan fingerprint density at radius 3 is 2.67 bits per heavy atom. The lowest BCUT2D eigenvalue weighted by Crippen LogP contribution is -1.92. The molecule has 3 rings (SSSR count). The Hall–Kier alpha value is -1.72. The summed E-state index contributed by atoms with van der Waals surface area (Å²) in [6.45, 7) is 0.571. The van der Waals surface area contributed by atoms with Crippen LogP contribution in [0.15, 0.2) is 47.5 Å². The summed E-state index contributed by atoms with van der Waals surface area (Å²) in [7, 11) is 0. The minimum absolute atomic E-state index is 0.571. The van der Waals surface area contributed by atoms with E-state index in [1.165, 1.54) is 0 Å². The van der Waals surface area contributed by atoms with Gasteiger partial charge in [-0.2, -0.15) is 0 Å². The smallest absolute Gasteiger partial charge is 0.124 e. The Morgan fingerprint density at radius 1 is 1.11 bits per heavy atom. The number of hydrogen-bond acceptors (Lipinski definition) is 5. The van der Waals surface area contributed by atoms with E-state index >= 15 is 0 Å². The number of rotatable bonds is 4. The van der Waals surface area contributed by atoms with Crippen molar-refractivity contribution in [1.29, 1.82) is 0 Å². The third-order valence-corrected chi connectivity index (χ3v) is 3.97. The van der Waals surface area contributed by atoms with Gasteiger partial charge in [0, 0.05) is 23.3 Å². The van der Waals surface area contributed by atoms with E-state index in [2.05, 4.69) is 9.97 Å². The Balaban J connectivity index is 1.68. The number of aromatic nitrogens is 2. The highest BCUT2D eigenvalue weighted by Gasteiger charge is 2.01. The molecule has 0 N–H and O–H groups in total. The van der Waals surface area contributed by atoms with E-state index in [0.29, 0.717) is 6.61 Å². The first kappa shape index (κ1) is 11.4. The molecule has 0 aliphatic heterocycles. The molecule has 0 radical (unpaired) electrons. The summed E-state index contributed by atoms with van der Waals surface area (Å²) in [5, 5.41) is 3.01. The van der Waals surface area contributed by atoms with Gasteiger partial charge in [0.15, 0.2) is 0 Å². The van der Waals surface area contributed by atoms with Gasteiger partial charge in [0.1, 0.15) is 17.4 Å². The van der Waals surface area contributed by atoms with Crippen molar-refractivity contribution in [3.8, 4) is 16.3 Å². The second-order valence-corrected chi connectivity index (χ2v) is 5.48. The first-order valence-corrected chi connectivity index (χ1v) is 7.18. The Labute approximate surface area is 113 Å². The van der Waals surface area contributed by atoms with Gasteiger partial charge in [-0.3, -0.25) is 4.98 Å². The van der Waals surface area contributed by atoms with Crippen LogP contribution in [-0.4, -0.2) is 9.97 Å². The molecule has 0 atom stereocenters. The van der Waals surface area contributed by atoms with Gasteiger partial charge in [0.2, 0.25) is 0 Å². The minimum Gasteiger partial charge on any atom is -0.488 e. The van der Waals surface area contributed by atoms with E-state index in [9.17, 15) is 0 Å². The summed E-state index contributed by atoms with van der Waals surface area (Å²) in [5.74, 6) is 0.865. The molecule has 0 saturated carbocycles. The van der Waals surface area contributed by atoms with Crippen molar-refractivity contribution in [2.75, 3.05) is 0 Å². The molecule has 2 aromatic heterocycles. The van der Waals surface area contributed by atoms with Crippen LogP contribution in [-0.2, 0) is 6.61 Å². The molecule has 0 saturated heterocycles. The van der Waals surface area contributed by atoms with Gasteiger partial charge in [-0.05, 0) is 24.3 Å². The molecule has 0 fully saturated rings. The van der Waals surface area contributed by atoms with Crippen LogP contribution in [0, 0.1) is 0 Å². The standard InChI is InChI=1S/C13H10N2OS2/c1-3-11(16-8-12-7-14-9-18-12)4-2-10(1)13-15-5-6-17-13/h1-7,9H,8H2. The molecule has 0 aliphatic rings. The second kappa shape index (κ2) is 5.29. The maximum Gasteiger partial charge on any atom is 0.124 e. The van der Waals surface area contributed by atoms with Crippen molar-refractivity contribution < 1.29 is 4.74 Å². The largest absolute Gasteiger partial charge is 0.488 e. The van der Waals surface area contributed by atoms with Gasteiger partial charge in [0.05, 0.1) is 10.4 Å². The molecule has 0 unspecified atom stereocenters. The van der Waals surface area contributed by atoms with Crippen LogP contribution in [0.2, 0.25) is 0 Å². The van der Waals surface area contributed by atoms with Crippen molar-refractivity contribution >= 4 is 22.7 Å². The Kier molecular flexibility index (Phi) is 3.34. The number of hydrogen-bond donors (Lipinski definition) is 0. The summed E-state index contributed by atoms with van der Waals surface area (Å²) in [6, 6.07) is 8.00. The molecule has 0 spiro atoms. The average molecular weight is 274 g/mol. The van der Waals surface area contributed by atoms with Gasteiger partial charge in [-0.25, -0.2) is 4.98 Å². The van der Waals surface area contributed by atoms with Crippen molar-refractivity contribution in [2.45, 2.75) is 6.61 Å². The maximum atomic E-state index is 5.68. The zero-order valence-corrected chi connectivity index (χ0v) is 11.1. The fraction of sp³-hybridized carbons (Fsp3) is 0.0769. The third-order valence-electron chi connectivity index (χ3n) is 2.40. The van der Waals surface area contributed by atoms with Crippen LogP contribution >= 0.6 is 22.7 Å². The lowest BCUT2D eigenvalue weighted by atomic mass is 10.2. The molecule has 5 heteroatoms. The number of ether oxygens (including phenoxy) is 1. The van der Waals surface area contributed by atoms with Crippen molar-refractivity contribution in [3.63, 3.8) is 0 Å². The van der Waals surface area contributed by atoms with Gasteiger partial charge < -0.3 is 4.74 Å². The molecular weight excluding hydrogens is 264 g/mol. The van der Waals surface area contributed by atoms with Crippen molar-refractivity contribution in [2.24, 2.45) is 0 Å². The van der Waals surface area contributed by atoms with E-state index in [-0.39, 0.29) is 0 Å². The normalized spacial score (nSPS) is 10.4. The fourth-order valence-electron chi connectivity index (χ4n) is 1.53. The molecule has 3 aromatic rings. The van der Waals surface area contributed by atoms with Crippen LogP contribution in [0.1, 0.15) is 4.88 Å². The zero-order chi connectivity index (χ0) is 12.2. The van der Waals surface area contributed by atoms with Gasteiger partial charge in [-0.15, -0.1) is 22.7 Å². The second-order valence-electron chi connectivity index (χ2n) is 3.62. The molecule has 2 heterocycles. The van der Waals surface area contributed by atoms with E-state index in [1.807, 2.05) is 47.5 Å². The molecule has 0 amide bonds. The molecule has 18 heavy (non-hydrogen) atoms. The molecule has 0 bridgehead atoms. The summed E-state index contributed by atoms with van der Waals surface area (Å²) in [5.41, 5.74) is 2.93. The Bertz CT molecular complexity index is 588. The quantitative estimate of drug-likeness (QED) is 0.725. The summed E-state index contributed by atoms with van der Waals surface area (Å²) in [4.78, 5) is 9.41. The first-order chi connectivity index (χ1) is 8.92. The number of thiazole rings is 2. The lowest BCUT2D eigenvalue weighted by Gasteiger charge is -2.04. The predicted molar refractivity (Wildman–Crippen MR) is 74.0 cm³/mol. The molecule has 90 valence electrons. The molecule has 0 aliphatic carbocycles. The topological polar surface area (TPSA) is 35.0 Å². The third kappa shape index (κ3) is 2.57. The van der Waals surface area contributed by atoms with Crippen LogP contribution in [0.4, 0.5) is 0 Å². The summed E-state index contributed by atoms with van der Waals surface area (Å²) in [6.07, 6.45) is 3.64. The minimum atomic E-state index is 0.571. The monoisotopic (exact) mass is 274 g/mol. The average Bonchev–Trinajstić information content (AvgIpc) is 3.10. The lowest BCUT2D eigenvalue weighted by molar-refractivity contribution is 0.309. The van der Waals surface area contributed by atoms with Crippen molar-refractivity contribution in [3.05, 3.63) is 52.4 Å². The van der Waals surface area contributed by atoms with Crippen molar-refractivity contribution in [1.82, 2.24) is 9.97 Å². The number of benzene rings is 1. The highest BCUT2D eigenvalue weighted by Crippen LogP contribution is 2.24. The number of nitrogens with zero attached hydrogens (tertiary/aromatic N) is 2. The first-order valence-electron chi connectivity index (χ1n) is 5.42. The highest BCUT2D eigenvalue weighted by atomic mass is 32.1.